The Morgan fingerprint density at radius 3 is 2.71 bits per heavy atom. The van der Waals surface area contributed by atoms with Crippen LogP contribution in [0.25, 0.3) is 0 Å². The molecule has 1 aromatic rings. The minimum atomic E-state index is -0.176. The van der Waals surface area contributed by atoms with Crippen LogP contribution in [-0.2, 0) is 9.53 Å². The number of ether oxygens (including phenoxy) is 1. The molecule has 2 aliphatic rings. The number of rotatable bonds is 1. The third-order valence-electron chi connectivity index (χ3n) is 4.03. The van der Waals surface area contributed by atoms with E-state index in [1.54, 1.807) is 0 Å². The lowest BCUT2D eigenvalue weighted by Gasteiger charge is -2.18. The molecule has 1 aliphatic carbocycles. The molecule has 0 bridgehead atoms. The van der Waals surface area contributed by atoms with Gasteiger partial charge in [-0.2, -0.15) is 0 Å². The van der Waals surface area contributed by atoms with E-state index < -0.39 is 0 Å². The number of carbonyl (C=O) groups is 1. The third-order valence-corrected chi connectivity index (χ3v) is 4.28. The zero-order chi connectivity index (χ0) is 11.9. The molecule has 3 rings (SSSR count). The van der Waals surface area contributed by atoms with Crippen LogP contribution in [0.2, 0.25) is 5.02 Å². The van der Waals surface area contributed by atoms with Crippen molar-refractivity contribution in [3.8, 4) is 0 Å². The van der Waals surface area contributed by atoms with E-state index in [1.165, 1.54) is 0 Å². The number of benzene rings is 1. The zero-order valence-electron chi connectivity index (χ0n) is 9.62. The Kier molecular flexibility index (Phi) is 2.72. The summed E-state index contributed by atoms with van der Waals surface area (Å²) in [6.45, 7) is 0.596. The number of ketones is 1. The summed E-state index contributed by atoms with van der Waals surface area (Å²) < 4.78 is 5.82. The first-order valence-electron chi connectivity index (χ1n) is 6.10. The summed E-state index contributed by atoms with van der Waals surface area (Å²) in [6, 6.07) is 7.74. The second-order valence-corrected chi connectivity index (χ2v) is 5.55. The van der Waals surface area contributed by atoms with Crippen molar-refractivity contribution in [3.05, 3.63) is 34.9 Å². The molecule has 17 heavy (non-hydrogen) atoms. The molecule has 2 fully saturated rings. The van der Waals surface area contributed by atoms with Crippen LogP contribution in [0, 0.1) is 5.41 Å². The molecule has 1 heterocycles. The molecule has 2 atom stereocenters. The lowest BCUT2D eigenvalue weighted by Crippen LogP contribution is -2.25. The molecule has 1 saturated heterocycles. The second kappa shape index (κ2) is 4.11. The van der Waals surface area contributed by atoms with Crippen LogP contribution >= 0.6 is 11.6 Å². The molecule has 1 aromatic carbocycles. The average molecular weight is 251 g/mol. The van der Waals surface area contributed by atoms with Crippen molar-refractivity contribution in [1.29, 1.82) is 0 Å². The number of hydrogen-bond donors (Lipinski definition) is 0. The van der Waals surface area contributed by atoms with Gasteiger partial charge in [0.1, 0.15) is 5.78 Å². The number of carbonyl (C=O) groups excluding carboxylic acids is 1. The Balaban J connectivity index is 1.80. The van der Waals surface area contributed by atoms with Gasteiger partial charge in [-0.05, 0) is 37.0 Å². The molecule has 90 valence electrons. The highest BCUT2D eigenvalue weighted by Gasteiger charge is 2.48. The van der Waals surface area contributed by atoms with E-state index in [9.17, 15) is 4.79 Å². The third kappa shape index (κ3) is 1.90. The fourth-order valence-corrected chi connectivity index (χ4v) is 3.11. The summed E-state index contributed by atoms with van der Waals surface area (Å²) in [5.41, 5.74) is 0.954. The van der Waals surface area contributed by atoms with Gasteiger partial charge in [-0.25, -0.2) is 0 Å². The van der Waals surface area contributed by atoms with E-state index in [0.29, 0.717) is 12.4 Å². The van der Waals surface area contributed by atoms with Gasteiger partial charge in [0.15, 0.2) is 0 Å². The van der Waals surface area contributed by atoms with Crippen molar-refractivity contribution in [2.24, 2.45) is 5.41 Å². The van der Waals surface area contributed by atoms with Gasteiger partial charge in [0.2, 0.25) is 0 Å². The van der Waals surface area contributed by atoms with Crippen LogP contribution < -0.4 is 0 Å². The van der Waals surface area contributed by atoms with E-state index >= 15 is 0 Å². The predicted molar refractivity (Wildman–Crippen MR) is 66.1 cm³/mol. The minimum Gasteiger partial charge on any atom is -0.372 e. The Bertz CT molecular complexity index is 440. The van der Waals surface area contributed by atoms with Crippen molar-refractivity contribution in [1.82, 2.24) is 0 Å². The monoisotopic (exact) mass is 250 g/mol. The van der Waals surface area contributed by atoms with Gasteiger partial charge < -0.3 is 4.74 Å². The quantitative estimate of drug-likeness (QED) is 0.762. The number of Topliss-reactive ketones (excluding diaryl/α,β-unsaturated/α-hetero) is 1. The van der Waals surface area contributed by atoms with Crippen LogP contribution in [0.15, 0.2) is 24.3 Å². The number of halogens is 1. The van der Waals surface area contributed by atoms with Gasteiger partial charge in [-0.3, -0.25) is 4.79 Å². The highest BCUT2D eigenvalue weighted by molar-refractivity contribution is 6.30. The maximum atomic E-state index is 11.9. The van der Waals surface area contributed by atoms with Crippen LogP contribution in [0.5, 0.6) is 0 Å². The first kappa shape index (κ1) is 11.2. The topological polar surface area (TPSA) is 26.3 Å². The summed E-state index contributed by atoms with van der Waals surface area (Å²) in [4.78, 5) is 11.9. The largest absolute Gasteiger partial charge is 0.372 e. The van der Waals surface area contributed by atoms with E-state index in [2.05, 4.69) is 0 Å². The average Bonchev–Trinajstić information content (AvgIpc) is 2.90. The first-order chi connectivity index (χ1) is 8.20. The molecule has 0 aromatic heterocycles. The number of hydrogen-bond acceptors (Lipinski definition) is 2. The molecular formula is C14H15ClO2. The van der Waals surface area contributed by atoms with Gasteiger partial charge in [0.25, 0.3) is 0 Å². The van der Waals surface area contributed by atoms with Crippen molar-refractivity contribution in [2.75, 3.05) is 6.61 Å². The standard InChI is InChI=1S/C14H15ClO2/c15-11-5-3-10(4-6-11)12-8-14(9-17-12)7-1-2-13(14)16/h3-6,12H,1-2,7-9H2/t12-,14-/m1/s1. The predicted octanol–water partition coefficient (Wildman–Crippen LogP) is 3.54. The van der Waals surface area contributed by atoms with Crippen LogP contribution in [0.4, 0.5) is 0 Å². The SMILES string of the molecule is O=C1CCC[C@@]12CO[C@@H](c1ccc(Cl)cc1)C2. The van der Waals surface area contributed by atoms with Gasteiger partial charge in [0.05, 0.1) is 18.1 Å². The summed E-state index contributed by atoms with van der Waals surface area (Å²) in [7, 11) is 0. The zero-order valence-corrected chi connectivity index (χ0v) is 10.4. The Hall–Kier alpha value is -0.860. The molecule has 0 N–H and O–H groups in total. The van der Waals surface area contributed by atoms with Gasteiger partial charge in [0, 0.05) is 11.4 Å². The lowest BCUT2D eigenvalue weighted by molar-refractivity contribution is -0.125. The molecule has 3 heteroatoms. The molecule has 2 nitrogen and oxygen atoms in total. The first-order valence-corrected chi connectivity index (χ1v) is 6.48. The van der Waals surface area contributed by atoms with Crippen molar-refractivity contribution in [3.63, 3.8) is 0 Å². The van der Waals surface area contributed by atoms with Crippen molar-refractivity contribution in [2.45, 2.75) is 31.8 Å². The molecule has 1 saturated carbocycles. The van der Waals surface area contributed by atoms with Gasteiger partial charge >= 0.3 is 0 Å². The summed E-state index contributed by atoms with van der Waals surface area (Å²) >= 11 is 5.87. The maximum absolute atomic E-state index is 11.9. The second-order valence-electron chi connectivity index (χ2n) is 5.11. The fourth-order valence-electron chi connectivity index (χ4n) is 2.98. The highest BCUT2D eigenvalue weighted by Crippen LogP contribution is 2.48. The molecule has 1 spiro atoms. The molecule has 0 amide bonds. The Morgan fingerprint density at radius 2 is 2.06 bits per heavy atom. The lowest BCUT2D eigenvalue weighted by atomic mass is 9.82. The smallest absolute Gasteiger partial charge is 0.141 e. The molecular weight excluding hydrogens is 236 g/mol. The Morgan fingerprint density at radius 1 is 1.29 bits per heavy atom. The van der Waals surface area contributed by atoms with Crippen molar-refractivity contribution < 1.29 is 9.53 Å². The minimum absolute atomic E-state index is 0.0642. The van der Waals surface area contributed by atoms with Crippen LogP contribution in [-0.4, -0.2) is 12.4 Å². The van der Waals surface area contributed by atoms with Gasteiger partial charge in [-0.15, -0.1) is 0 Å². The summed E-state index contributed by atoms with van der Waals surface area (Å²) in [5, 5.41) is 0.735. The van der Waals surface area contributed by atoms with E-state index in [4.69, 9.17) is 16.3 Å². The summed E-state index contributed by atoms with van der Waals surface area (Å²) in [5.74, 6) is 0.397. The highest BCUT2D eigenvalue weighted by atomic mass is 35.5. The van der Waals surface area contributed by atoms with E-state index in [-0.39, 0.29) is 11.5 Å². The summed E-state index contributed by atoms with van der Waals surface area (Å²) in [6.07, 6.45) is 3.66. The van der Waals surface area contributed by atoms with Gasteiger partial charge in [-0.1, -0.05) is 23.7 Å². The maximum Gasteiger partial charge on any atom is 0.141 e. The van der Waals surface area contributed by atoms with Crippen LogP contribution in [0.1, 0.15) is 37.4 Å². The fraction of sp³-hybridized carbons (Fsp3) is 0.500. The van der Waals surface area contributed by atoms with Crippen LogP contribution in [0.3, 0.4) is 0 Å². The van der Waals surface area contributed by atoms with E-state index in [0.717, 1.165) is 36.3 Å². The molecule has 1 aliphatic heterocycles. The van der Waals surface area contributed by atoms with Crippen molar-refractivity contribution >= 4 is 17.4 Å². The normalized spacial score (nSPS) is 32.5. The van der Waals surface area contributed by atoms with E-state index in [1.807, 2.05) is 24.3 Å². The molecule has 0 radical (unpaired) electrons. The Labute approximate surface area is 106 Å². The molecule has 0 unspecified atom stereocenters.